The van der Waals surface area contributed by atoms with Crippen LogP contribution in [0.4, 0.5) is 5.69 Å². The van der Waals surface area contributed by atoms with Gasteiger partial charge in [-0.2, -0.15) is 0 Å². The van der Waals surface area contributed by atoms with Crippen molar-refractivity contribution in [1.82, 2.24) is 5.32 Å². The van der Waals surface area contributed by atoms with Crippen LogP contribution in [0.25, 0.3) is 0 Å². The maximum atomic E-state index is 12.3. The quantitative estimate of drug-likeness (QED) is 0.364. The van der Waals surface area contributed by atoms with Gasteiger partial charge >= 0.3 is 0 Å². The first-order chi connectivity index (χ1) is 12.4. The van der Waals surface area contributed by atoms with Crippen LogP contribution < -0.4 is 20.1 Å². The van der Waals surface area contributed by atoms with E-state index in [4.69, 9.17) is 21.7 Å². The third kappa shape index (κ3) is 5.99. The summed E-state index contributed by atoms with van der Waals surface area (Å²) in [4.78, 5) is 12.3. The molecule has 2 N–H and O–H groups in total. The highest BCUT2D eigenvalue weighted by atomic mass is 127. The molecule has 0 saturated heterocycles. The molecule has 0 heterocycles. The summed E-state index contributed by atoms with van der Waals surface area (Å²) >= 11 is 7.33. The second kappa shape index (κ2) is 9.54. The fourth-order valence-electron chi connectivity index (χ4n) is 2.02. The van der Waals surface area contributed by atoms with Gasteiger partial charge in [-0.15, -0.1) is 0 Å². The van der Waals surface area contributed by atoms with Crippen LogP contribution in [0, 0.1) is 3.57 Å². The minimum atomic E-state index is -0.294. The molecule has 0 saturated carbocycles. The van der Waals surface area contributed by atoms with E-state index in [1.54, 1.807) is 31.4 Å². The number of nitrogens with one attached hydrogen (secondary N) is 2. The van der Waals surface area contributed by atoms with Crippen molar-refractivity contribution in [3.8, 4) is 11.5 Å². The van der Waals surface area contributed by atoms with Crippen LogP contribution in [0.3, 0.4) is 0 Å². The highest BCUT2D eigenvalue weighted by molar-refractivity contribution is 14.1. The number of hydrogen-bond acceptors (Lipinski definition) is 4. The number of carbonyl (C=O) groups excluding carboxylic acids is 1. The second-order valence-electron chi connectivity index (χ2n) is 5.53. The molecule has 136 valence electrons. The molecule has 7 heteroatoms. The lowest BCUT2D eigenvalue weighted by atomic mass is 10.2. The van der Waals surface area contributed by atoms with Gasteiger partial charge in [-0.05, 0) is 77.6 Å². The molecule has 26 heavy (non-hydrogen) atoms. The van der Waals surface area contributed by atoms with E-state index in [1.807, 2.05) is 25.1 Å². The normalized spacial score (nSPS) is 9.96. The predicted octanol–water partition coefficient (Wildman–Crippen LogP) is 4.38. The van der Waals surface area contributed by atoms with Crippen LogP contribution in [0.2, 0.25) is 0 Å². The molecule has 2 rings (SSSR count). The van der Waals surface area contributed by atoms with Gasteiger partial charge in [-0.3, -0.25) is 10.1 Å². The van der Waals surface area contributed by atoms with Crippen molar-refractivity contribution < 1.29 is 14.3 Å². The van der Waals surface area contributed by atoms with E-state index >= 15 is 0 Å². The number of rotatable bonds is 6. The van der Waals surface area contributed by atoms with Gasteiger partial charge in [0.2, 0.25) is 0 Å². The summed E-state index contributed by atoms with van der Waals surface area (Å²) in [5, 5.41) is 5.85. The van der Waals surface area contributed by atoms with E-state index in [9.17, 15) is 4.79 Å². The molecule has 0 bridgehead atoms. The van der Waals surface area contributed by atoms with Gasteiger partial charge in [0.25, 0.3) is 5.91 Å². The summed E-state index contributed by atoms with van der Waals surface area (Å²) in [5.74, 6) is 1.11. The smallest absolute Gasteiger partial charge is 0.257 e. The van der Waals surface area contributed by atoms with E-state index in [0.29, 0.717) is 17.9 Å². The SMILES string of the molecule is C=C(C)COc1cccc(NC(=S)NC(=O)c2ccc(OC)c(I)c2)c1. The van der Waals surface area contributed by atoms with Crippen LogP contribution in [-0.2, 0) is 0 Å². The minimum absolute atomic E-state index is 0.206. The van der Waals surface area contributed by atoms with Gasteiger partial charge in [-0.25, -0.2) is 0 Å². The molecule has 0 aliphatic heterocycles. The molecule has 0 aliphatic carbocycles. The van der Waals surface area contributed by atoms with Gasteiger partial charge in [0.15, 0.2) is 5.11 Å². The number of methoxy groups -OCH3 is 1. The number of thiocarbonyl (C=S) groups is 1. The summed E-state index contributed by atoms with van der Waals surface area (Å²) in [7, 11) is 1.59. The van der Waals surface area contributed by atoms with Gasteiger partial charge in [0.05, 0.1) is 10.7 Å². The second-order valence-corrected chi connectivity index (χ2v) is 7.10. The molecule has 0 spiro atoms. The van der Waals surface area contributed by atoms with Gasteiger partial charge in [0, 0.05) is 17.3 Å². The van der Waals surface area contributed by atoms with Crippen LogP contribution in [0.1, 0.15) is 17.3 Å². The zero-order chi connectivity index (χ0) is 19.1. The first kappa shape index (κ1) is 20.2. The van der Waals surface area contributed by atoms with Crippen molar-refractivity contribution in [1.29, 1.82) is 0 Å². The van der Waals surface area contributed by atoms with Gasteiger partial charge in [-0.1, -0.05) is 12.6 Å². The third-order valence-electron chi connectivity index (χ3n) is 3.22. The Morgan fingerprint density at radius 2 is 2.04 bits per heavy atom. The van der Waals surface area contributed by atoms with Crippen molar-refractivity contribution in [2.45, 2.75) is 6.92 Å². The standard InChI is InChI=1S/C19H19IN2O3S/c1-12(2)11-25-15-6-4-5-14(10-15)21-19(26)22-18(23)13-7-8-17(24-3)16(20)9-13/h4-10H,1,11H2,2-3H3,(H2,21,22,23,26). The average molecular weight is 482 g/mol. The fourth-order valence-corrected chi connectivity index (χ4v) is 2.96. The van der Waals surface area contributed by atoms with Gasteiger partial charge in [0.1, 0.15) is 18.1 Å². The zero-order valence-electron chi connectivity index (χ0n) is 14.5. The zero-order valence-corrected chi connectivity index (χ0v) is 17.4. The lowest BCUT2D eigenvalue weighted by Gasteiger charge is -2.12. The molecule has 0 aromatic heterocycles. The Kier molecular flexibility index (Phi) is 7.40. The number of ether oxygens (including phenoxy) is 2. The highest BCUT2D eigenvalue weighted by Gasteiger charge is 2.11. The summed E-state index contributed by atoms with van der Waals surface area (Å²) in [6.07, 6.45) is 0. The fraction of sp³-hybridized carbons (Fsp3) is 0.158. The monoisotopic (exact) mass is 482 g/mol. The molecule has 0 aliphatic rings. The first-order valence-corrected chi connectivity index (χ1v) is 9.21. The van der Waals surface area contributed by atoms with Crippen molar-refractivity contribution in [3.05, 3.63) is 63.8 Å². The number of amides is 1. The van der Waals surface area contributed by atoms with Crippen LogP contribution in [0.5, 0.6) is 11.5 Å². The lowest BCUT2D eigenvalue weighted by Crippen LogP contribution is -2.34. The van der Waals surface area contributed by atoms with Crippen molar-refractivity contribution >= 4 is 51.5 Å². The molecule has 0 radical (unpaired) electrons. The topological polar surface area (TPSA) is 59.6 Å². The Morgan fingerprint density at radius 1 is 1.27 bits per heavy atom. The van der Waals surface area contributed by atoms with E-state index in [1.165, 1.54) is 0 Å². The molecule has 5 nitrogen and oxygen atoms in total. The van der Waals surface area contributed by atoms with E-state index in [2.05, 4.69) is 39.8 Å². The van der Waals surface area contributed by atoms with Crippen molar-refractivity contribution in [2.75, 3.05) is 19.0 Å². The maximum Gasteiger partial charge on any atom is 0.257 e. The molecule has 1 amide bonds. The maximum absolute atomic E-state index is 12.3. The molecule has 0 fully saturated rings. The Balaban J connectivity index is 1.97. The summed E-state index contributed by atoms with van der Waals surface area (Å²) < 4.78 is 11.6. The Hall–Kier alpha value is -2.13. The average Bonchev–Trinajstić information content (AvgIpc) is 2.60. The van der Waals surface area contributed by atoms with Gasteiger partial charge < -0.3 is 14.8 Å². The van der Waals surface area contributed by atoms with Crippen LogP contribution in [0.15, 0.2) is 54.6 Å². The predicted molar refractivity (Wildman–Crippen MR) is 116 cm³/mol. The summed E-state index contributed by atoms with van der Waals surface area (Å²) in [6, 6.07) is 12.5. The Labute approximate surface area is 171 Å². The number of hydrogen-bond donors (Lipinski definition) is 2. The number of carbonyl (C=O) groups is 1. The Morgan fingerprint density at radius 3 is 2.69 bits per heavy atom. The van der Waals surface area contributed by atoms with E-state index in [0.717, 1.165) is 20.6 Å². The van der Waals surface area contributed by atoms with Crippen LogP contribution in [-0.4, -0.2) is 24.7 Å². The van der Waals surface area contributed by atoms with Crippen molar-refractivity contribution in [2.24, 2.45) is 0 Å². The summed E-state index contributed by atoms with van der Waals surface area (Å²) in [5.41, 5.74) is 2.15. The van der Waals surface area contributed by atoms with E-state index < -0.39 is 0 Å². The van der Waals surface area contributed by atoms with Crippen LogP contribution >= 0.6 is 34.8 Å². The number of halogens is 1. The number of benzene rings is 2. The number of anilines is 1. The highest BCUT2D eigenvalue weighted by Crippen LogP contribution is 2.21. The molecule has 0 atom stereocenters. The van der Waals surface area contributed by atoms with Crippen molar-refractivity contribution in [3.63, 3.8) is 0 Å². The first-order valence-electron chi connectivity index (χ1n) is 7.72. The van der Waals surface area contributed by atoms with E-state index in [-0.39, 0.29) is 11.0 Å². The molecule has 2 aromatic rings. The minimum Gasteiger partial charge on any atom is -0.496 e. The summed E-state index contributed by atoms with van der Waals surface area (Å²) in [6.45, 7) is 6.14. The molecule has 2 aromatic carbocycles. The third-order valence-corrected chi connectivity index (χ3v) is 4.27. The molecular formula is C19H19IN2O3S. The molecule has 0 unspecified atom stereocenters. The molecular weight excluding hydrogens is 463 g/mol. The Bertz CT molecular complexity index is 839. The lowest BCUT2D eigenvalue weighted by molar-refractivity contribution is 0.0977. The largest absolute Gasteiger partial charge is 0.496 e.